The summed E-state index contributed by atoms with van der Waals surface area (Å²) in [6.45, 7) is 4.92. The smallest absolute Gasteiger partial charge is 0.194 e. The maximum atomic E-state index is 5.36. The van der Waals surface area contributed by atoms with Gasteiger partial charge < -0.3 is 19.2 Å². The quantitative estimate of drug-likeness (QED) is 0.697. The average molecular weight is 301 g/mol. The summed E-state index contributed by atoms with van der Waals surface area (Å²) >= 11 is 0. The fourth-order valence-corrected chi connectivity index (χ4v) is 3.01. The van der Waals surface area contributed by atoms with Gasteiger partial charge in [-0.1, -0.05) is 6.92 Å². The summed E-state index contributed by atoms with van der Waals surface area (Å²) in [7, 11) is 1.83. The summed E-state index contributed by atoms with van der Waals surface area (Å²) in [5, 5.41) is 3.38. The molecule has 0 radical (unpaired) electrons. The fourth-order valence-electron chi connectivity index (χ4n) is 3.01. The number of nitrogens with zero attached hydrogens (tertiary/aromatic N) is 4. The van der Waals surface area contributed by atoms with Gasteiger partial charge in [-0.25, -0.2) is 4.98 Å². The minimum absolute atomic E-state index is 0.429. The minimum Gasteiger partial charge on any atom is -0.467 e. The summed E-state index contributed by atoms with van der Waals surface area (Å²) in [6, 6.07) is 4.29. The number of furan rings is 1. The molecule has 1 aliphatic rings. The van der Waals surface area contributed by atoms with Crippen LogP contribution in [0.2, 0.25) is 0 Å². The second-order valence-corrected chi connectivity index (χ2v) is 5.77. The Labute approximate surface area is 130 Å². The third-order valence-corrected chi connectivity index (χ3v) is 4.34. The molecule has 2 aromatic rings. The molecule has 2 unspecified atom stereocenters. The Balaban J connectivity index is 1.65. The van der Waals surface area contributed by atoms with Gasteiger partial charge in [0, 0.05) is 32.5 Å². The molecular formula is C16H23N5O. The highest BCUT2D eigenvalue weighted by atomic mass is 16.3. The van der Waals surface area contributed by atoms with Crippen LogP contribution in [0.4, 0.5) is 0 Å². The number of aromatic nitrogens is 2. The fraction of sp³-hybridized carbons (Fsp3) is 0.500. The second kappa shape index (κ2) is 6.68. The van der Waals surface area contributed by atoms with Crippen LogP contribution in [-0.2, 0) is 6.54 Å². The van der Waals surface area contributed by atoms with Crippen molar-refractivity contribution in [2.45, 2.75) is 25.9 Å². The number of aliphatic imine (C=N–C) groups is 1. The van der Waals surface area contributed by atoms with Gasteiger partial charge in [-0.15, -0.1) is 0 Å². The van der Waals surface area contributed by atoms with Crippen molar-refractivity contribution in [1.82, 2.24) is 19.8 Å². The van der Waals surface area contributed by atoms with Crippen LogP contribution in [0.1, 0.15) is 25.1 Å². The number of likely N-dealkylation sites (tertiary alicyclic amines) is 1. The van der Waals surface area contributed by atoms with Gasteiger partial charge >= 0.3 is 0 Å². The van der Waals surface area contributed by atoms with Gasteiger partial charge in [0.2, 0.25) is 0 Å². The standard InChI is InChI=1S/C16H23N5O/c1-13-5-7-20(11-15(13)21-8-6-18-12-21)16(17-2)19-10-14-4-3-9-22-14/h3-4,6,8-9,12-13,15H,5,7,10-11H2,1-2H3,(H,17,19). The number of rotatable bonds is 3. The van der Waals surface area contributed by atoms with Crippen molar-refractivity contribution in [3.05, 3.63) is 42.9 Å². The van der Waals surface area contributed by atoms with Crippen molar-refractivity contribution in [2.24, 2.45) is 10.9 Å². The van der Waals surface area contributed by atoms with Crippen molar-refractivity contribution in [1.29, 1.82) is 0 Å². The predicted molar refractivity (Wildman–Crippen MR) is 85.5 cm³/mol. The topological polar surface area (TPSA) is 58.6 Å². The lowest BCUT2D eigenvalue weighted by Gasteiger charge is -2.39. The molecule has 3 heterocycles. The largest absolute Gasteiger partial charge is 0.467 e. The first kappa shape index (κ1) is 14.7. The van der Waals surface area contributed by atoms with E-state index in [1.54, 1.807) is 6.26 Å². The van der Waals surface area contributed by atoms with E-state index in [9.17, 15) is 0 Å². The highest BCUT2D eigenvalue weighted by Gasteiger charge is 2.28. The summed E-state index contributed by atoms with van der Waals surface area (Å²) < 4.78 is 7.57. The van der Waals surface area contributed by atoms with Gasteiger partial charge in [-0.3, -0.25) is 4.99 Å². The number of piperidine rings is 1. The molecule has 0 spiro atoms. The van der Waals surface area contributed by atoms with Crippen LogP contribution in [0, 0.1) is 5.92 Å². The molecular weight excluding hydrogens is 278 g/mol. The monoisotopic (exact) mass is 301 g/mol. The van der Waals surface area contributed by atoms with Crippen molar-refractivity contribution in [2.75, 3.05) is 20.1 Å². The number of imidazole rings is 1. The molecule has 3 rings (SSSR count). The van der Waals surface area contributed by atoms with Crippen LogP contribution in [0.5, 0.6) is 0 Å². The molecule has 22 heavy (non-hydrogen) atoms. The first-order valence-electron chi connectivity index (χ1n) is 7.73. The first-order chi connectivity index (χ1) is 10.8. The Morgan fingerprint density at radius 1 is 1.55 bits per heavy atom. The van der Waals surface area contributed by atoms with Gasteiger partial charge in [0.25, 0.3) is 0 Å². The van der Waals surface area contributed by atoms with Gasteiger partial charge in [-0.05, 0) is 24.5 Å². The molecule has 1 aliphatic heterocycles. The van der Waals surface area contributed by atoms with Gasteiger partial charge in [-0.2, -0.15) is 0 Å². The zero-order valence-corrected chi connectivity index (χ0v) is 13.1. The molecule has 0 aliphatic carbocycles. The van der Waals surface area contributed by atoms with Crippen LogP contribution >= 0.6 is 0 Å². The number of hydrogen-bond acceptors (Lipinski definition) is 3. The van der Waals surface area contributed by atoms with E-state index in [-0.39, 0.29) is 0 Å². The van der Waals surface area contributed by atoms with Gasteiger partial charge in [0.15, 0.2) is 5.96 Å². The summed E-state index contributed by atoms with van der Waals surface area (Å²) in [6.07, 6.45) is 8.63. The van der Waals surface area contributed by atoms with E-state index < -0.39 is 0 Å². The number of guanidine groups is 1. The number of nitrogens with one attached hydrogen (secondary N) is 1. The highest BCUT2D eigenvalue weighted by molar-refractivity contribution is 5.79. The maximum Gasteiger partial charge on any atom is 0.194 e. The molecule has 6 nitrogen and oxygen atoms in total. The molecule has 6 heteroatoms. The SMILES string of the molecule is CN=C(NCc1ccco1)N1CCC(C)C(n2ccnc2)C1. The summed E-state index contributed by atoms with van der Waals surface area (Å²) in [4.78, 5) is 10.9. The lowest BCUT2D eigenvalue weighted by Crippen LogP contribution is -2.48. The van der Waals surface area contributed by atoms with Gasteiger partial charge in [0.05, 0.1) is 25.2 Å². The van der Waals surface area contributed by atoms with Crippen molar-refractivity contribution in [3.8, 4) is 0 Å². The Kier molecular flexibility index (Phi) is 4.46. The molecule has 0 aromatic carbocycles. The predicted octanol–water partition coefficient (Wildman–Crippen LogP) is 2.13. The van der Waals surface area contributed by atoms with E-state index in [0.717, 1.165) is 31.2 Å². The van der Waals surface area contributed by atoms with E-state index >= 15 is 0 Å². The molecule has 1 saturated heterocycles. The Morgan fingerprint density at radius 2 is 2.45 bits per heavy atom. The van der Waals surface area contributed by atoms with Crippen LogP contribution in [0.3, 0.4) is 0 Å². The van der Waals surface area contributed by atoms with E-state index in [0.29, 0.717) is 18.5 Å². The van der Waals surface area contributed by atoms with E-state index in [2.05, 4.69) is 31.7 Å². The number of hydrogen-bond donors (Lipinski definition) is 1. The first-order valence-corrected chi connectivity index (χ1v) is 7.73. The lowest BCUT2D eigenvalue weighted by atomic mass is 9.93. The van der Waals surface area contributed by atoms with Gasteiger partial charge in [0.1, 0.15) is 5.76 Å². The zero-order valence-electron chi connectivity index (χ0n) is 13.1. The van der Waals surface area contributed by atoms with E-state index in [4.69, 9.17) is 4.42 Å². The van der Waals surface area contributed by atoms with Crippen LogP contribution in [0.15, 0.2) is 46.5 Å². The minimum atomic E-state index is 0.429. The highest BCUT2D eigenvalue weighted by Crippen LogP contribution is 2.27. The zero-order chi connectivity index (χ0) is 15.4. The Morgan fingerprint density at radius 3 is 3.14 bits per heavy atom. The Bertz CT molecular complexity index is 590. The molecule has 118 valence electrons. The van der Waals surface area contributed by atoms with E-state index in [1.165, 1.54) is 0 Å². The van der Waals surface area contributed by atoms with Crippen molar-refractivity contribution >= 4 is 5.96 Å². The molecule has 2 atom stereocenters. The molecule has 2 aromatic heterocycles. The normalized spacial score (nSPS) is 22.8. The molecule has 0 saturated carbocycles. The van der Waals surface area contributed by atoms with Crippen LogP contribution in [0.25, 0.3) is 0 Å². The lowest BCUT2D eigenvalue weighted by molar-refractivity contribution is 0.188. The maximum absolute atomic E-state index is 5.36. The van der Waals surface area contributed by atoms with Crippen molar-refractivity contribution < 1.29 is 4.42 Å². The van der Waals surface area contributed by atoms with Crippen molar-refractivity contribution in [3.63, 3.8) is 0 Å². The summed E-state index contributed by atoms with van der Waals surface area (Å²) in [5.74, 6) is 2.47. The summed E-state index contributed by atoms with van der Waals surface area (Å²) in [5.41, 5.74) is 0. The average Bonchev–Trinajstić information content (AvgIpc) is 3.22. The molecule has 0 bridgehead atoms. The second-order valence-electron chi connectivity index (χ2n) is 5.77. The molecule has 1 fully saturated rings. The molecule has 1 N–H and O–H groups in total. The molecule has 0 amide bonds. The third-order valence-electron chi connectivity index (χ3n) is 4.34. The van der Waals surface area contributed by atoms with Crippen LogP contribution < -0.4 is 5.32 Å². The van der Waals surface area contributed by atoms with E-state index in [1.807, 2.05) is 37.9 Å². The van der Waals surface area contributed by atoms with Crippen LogP contribution in [-0.4, -0.2) is 40.5 Å². The third kappa shape index (κ3) is 3.16. The Hall–Kier alpha value is -2.24.